The summed E-state index contributed by atoms with van der Waals surface area (Å²) in [4.78, 5) is 12.8. The van der Waals surface area contributed by atoms with Crippen molar-refractivity contribution in [3.05, 3.63) is 66.0 Å². The molecule has 0 amide bonds. The largest absolute Gasteiger partial charge is 0.382 e. The van der Waals surface area contributed by atoms with Crippen molar-refractivity contribution in [2.75, 3.05) is 11.1 Å². The molecule has 0 bridgehead atoms. The molecular formula is C18H22FN7. The summed E-state index contributed by atoms with van der Waals surface area (Å²) in [7, 11) is 0. The standard InChI is InChI=1S/C18H16FN7.3H2/c1-11-3-4-12(7-13(11)19)9-22-15-8-14(23-10-24-15)16-17(20)25-26-6-2-5-21-18(16)26;;;/h2-8,10H,9H2,1H3,(H2,20,25)(H,22,23,24);3*1H. The molecule has 136 valence electrons. The van der Waals surface area contributed by atoms with Crippen molar-refractivity contribution >= 4 is 17.3 Å². The van der Waals surface area contributed by atoms with Crippen molar-refractivity contribution in [1.82, 2.24) is 24.6 Å². The lowest BCUT2D eigenvalue weighted by Crippen LogP contribution is -2.03. The van der Waals surface area contributed by atoms with Gasteiger partial charge in [-0.2, -0.15) is 0 Å². The Bertz CT molecular complexity index is 1100. The number of aryl methyl sites for hydroxylation is 1. The van der Waals surface area contributed by atoms with Gasteiger partial charge in [0.25, 0.3) is 0 Å². The minimum Gasteiger partial charge on any atom is -0.382 e. The predicted molar refractivity (Wildman–Crippen MR) is 103 cm³/mol. The highest BCUT2D eigenvalue weighted by Crippen LogP contribution is 2.28. The Hall–Kier alpha value is -3.55. The van der Waals surface area contributed by atoms with Gasteiger partial charge in [0.05, 0.1) is 11.3 Å². The summed E-state index contributed by atoms with van der Waals surface area (Å²) in [5.41, 5.74) is 9.37. The molecule has 0 aliphatic carbocycles. The molecule has 0 aliphatic heterocycles. The van der Waals surface area contributed by atoms with Crippen LogP contribution in [-0.4, -0.2) is 24.6 Å². The van der Waals surface area contributed by atoms with Gasteiger partial charge in [0.15, 0.2) is 11.5 Å². The molecule has 0 atom stereocenters. The van der Waals surface area contributed by atoms with E-state index in [9.17, 15) is 4.39 Å². The average Bonchev–Trinajstić information content (AvgIpc) is 2.98. The molecule has 3 heterocycles. The molecule has 8 heteroatoms. The van der Waals surface area contributed by atoms with E-state index in [4.69, 9.17) is 5.73 Å². The Morgan fingerprint density at radius 3 is 2.96 bits per heavy atom. The minimum atomic E-state index is -0.224. The van der Waals surface area contributed by atoms with E-state index >= 15 is 0 Å². The average molecular weight is 355 g/mol. The molecular weight excluding hydrogens is 333 g/mol. The van der Waals surface area contributed by atoms with Crippen LogP contribution in [0.3, 0.4) is 0 Å². The van der Waals surface area contributed by atoms with Gasteiger partial charge in [-0.1, -0.05) is 12.1 Å². The van der Waals surface area contributed by atoms with Gasteiger partial charge in [0.2, 0.25) is 0 Å². The van der Waals surface area contributed by atoms with Crippen LogP contribution in [0.15, 0.2) is 49.1 Å². The summed E-state index contributed by atoms with van der Waals surface area (Å²) < 4.78 is 15.3. The van der Waals surface area contributed by atoms with E-state index in [0.717, 1.165) is 5.56 Å². The lowest BCUT2D eigenvalue weighted by atomic mass is 10.1. The molecule has 0 fully saturated rings. The normalized spacial score (nSPS) is 11.0. The van der Waals surface area contributed by atoms with E-state index in [-0.39, 0.29) is 10.1 Å². The number of nitrogen functional groups attached to an aromatic ring is 1. The first-order valence-electron chi connectivity index (χ1n) is 8.02. The Balaban J connectivity index is 0.00000140. The third-order valence-corrected chi connectivity index (χ3v) is 4.06. The topological polar surface area (TPSA) is 94.0 Å². The second kappa shape index (κ2) is 6.40. The fourth-order valence-electron chi connectivity index (χ4n) is 2.68. The van der Waals surface area contributed by atoms with E-state index in [1.165, 1.54) is 12.4 Å². The molecule has 3 aromatic heterocycles. The Morgan fingerprint density at radius 1 is 1.23 bits per heavy atom. The van der Waals surface area contributed by atoms with E-state index in [1.54, 1.807) is 42.0 Å². The van der Waals surface area contributed by atoms with Gasteiger partial charge in [0.1, 0.15) is 18.0 Å². The van der Waals surface area contributed by atoms with Crippen LogP contribution in [0.4, 0.5) is 16.0 Å². The van der Waals surface area contributed by atoms with Crippen molar-refractivity contribution in [2.24, 2.45) is 0 Å². The van der Waals surface area contributed by atoms with E-state index in [0.29, 0.717) is 40.6 Å². The molecule has 0 spiro atoms. The fourth-order valence-corrected chi connectivity index (χ4v) is 2.68. The van der Waals surface area contributed by atoms with Crippen LogP contribution in [0, 0.1) is 12.7 Å². The quantitative estimate of drug-likeness (QED) is 0.581. The van der Waals surface area contributed by atoms with Crippen LogP contribution in [0.2, 0.25) is 0 Å². The summed E-state index contributed by atoms with van der Waals surface area (Å²) in [6.07, 6.45) is 4.89. The number of hydrogen-bond acceptors (Lipinski definition) is 6. The predicted octanol–water partition coefficient (Wildman–Crippen LogP) is 3.57. The van der Waals surface area contributed by atoms with Crippen molar-refractivity contribution in [3.8, 4) is 11.3 Å². The third-order valence-electron chi connectivity index (χ3n) is 4.06. The summed E-state index contributed by atoms with van der Waals surface area (Å²) >= 11 is 0. The van der Waals surface area contributed by atoms with Crippen LogP contribution in [-0.2, 0) is 6.54 Å². The zero-order chi connectivity index (χ0) is 18.1. The Labute approximate surface area is 153 Å². The zero-order valence-corrected chi connectivity index (χ0v) is 14.0. The van der Waals surface area contributed by atoms with Gasteiger partial charge in [-0.05, 0) is 30.2 Å². The summed E-state index contributed by atoms with van der Waals surface area (Å²) in [5.74, 6) is 0.720. The van der Waals surface area contributed by atoms with Crippen LogP contribution in [0.5, 0.6) is 0 Å². The maximum absolute atomic E-state index is 13.7. The third kappa shape index (κ3) is 2.92. The van der Waals surface area contributed by atoms with Crippen molar-refractivity contribution in [1.29, 1.82) is 0 Å². The number of aromatic nitrogens is 5. The van der Waals surface area contributed by atoms with Crippen LogP contribution in [0.25, 0.3) is 16.9 Å². The maximum atomic E-state index is 13.7. The number of fused-ring (bicyclic) bond motifs is 1. The van der Waals surface area contributed by atoms with Crippen molar-refractivity contribution in [2.45, 2.75) is 13.5 Å². The molecule has 4 rings (SSSR count). The Kier molecular flexibility index (Phi) is 3.92. The van der Waals surface area contributed by atoms with E-state index < -0.39 is 0 Å². The van der Waals surface area contributed by atoms with Crippen LogP contribution in [0.1, 0.15) is 15.4 Å². The first-order chi connectivity index (χ1) is 12.6. The second-order valence-corrected chi connectivity index (χ2v) is 5.87. The van der Waals surface area contributed by atoms with Gasteiger partial charge in [-0.15, -0.1) is 5.10 Å². The molecule has 7 nitrogen and oxygen atoms in total. The van der Waals surface area contributed by atoms with Gasteiger partial charge < -0.3 is 11.1 Å². The molecule has 1 aromatic carbocycles. The molecule has 0 saturated carbocycles. The monoisotopic (exact) mass is 355 g/mol. The number of hydrogen-bond donors (Lipinski definition) is 2. The highest BCUT2D eigenvalue weighted by molar-refractivity contribution is 5.84. The molecule has 26 heavy (non-hydrogen) atoms. The highest BCUT2D eigenvalue weighted by Gasteiger charge is 2.15. The zero-order valence-electron chi connectivity index (χ0n) is 14.0. The number of nitrogens with zero attached hydrogens (tertiary/aromatic N) is 5. The van der Waals surface area contributed by atoms with E-state index in [1.807, 2.05) is 6.07 Å². The molecule has 0 radical (unpaired) electrons. The van der Waals surface area contributed by atoms with Gasteiger partial charge in [0, 0.05) is 29.3 Å². The molecule has 3 N–H and O–H groups in total. The first kappa shape index (κ1) is 15.9. The smallest absolute Gasteiger partial charge is 0.166 e. The number of halogens is 1. The first-order valence-corrected chi connectivity index (χ1v) is 8.02. The molecule has 4 aromatic rings. The van der Waals surface area contributed by atoms with Gasteiger partial charge in [-0.3, -0.25) is 0 Å². The number of rotatable bonds is 4. The van der Waals surface area contributed by atoms with Gasteiger partial charge in [-0.25, -0.2) is 23.9 Å². The Morgan fingerprint density at radius 2 is 2.12 bits per heavy atom. The van der Waals surface area contributed by atoms with Gasteiger partial charge >= 0.3 is 0 Å². The fraction of sp³-hybridized carbons (Fsp3) is 0.111. The number of nitrogens with one attached hydrogen (secondary N) is 1. The summed E-state index contributed by atoms with van der Waals surface area (Å²) in [6.45, 7) is 2.17. The summed E-state index contributed by atoms with van der Waals surface area (Å²) in [6, 6.07) is 8.69. The SMILES string of the molecule is Cc1ccc(CNc2cc(-c3c(N)nn4cccnc34)ncn2)cc1F.[HH].[HH].[HH]. The second-order valence-electron chi connectivity index (χ2n) is 5.87. The molecule has 0 saturated heterocycles. The lowest BCUT2D eigenvalue weighted by Gasteiger charge is -2.08. The summed E-state index contributed by atoms with van der Waals surface area (Å²) in [5, 5.41) is 7.41. The minimum absolute atomic E-state index is 0. The van der Waals surface area contributed by atoms with Crippen LogP contribution >= 0.6 is 0 Å². The van der Waals surface area contributed by atoms with Crippen LogP contribution < -0.4 is 11.1 Å². The molecule has 0 unspecified atom stereocenters. The lowest BCUT2D eigenvalue weighted by molar-refractivity contribution is 0.616. The number of anilines is 2. The number of nitrogens with two attached hydrogens (primary N) is 1. The highest BCUT2D eigenvalue weighted by atomic mass is 19.1. The van der Waals surface area contributed by atoms with Crippen molar-refractivity contribution in [3.63, 3.8) is 0 Å². The van der Waals surface area contributed by atoms with E-state index in [2.05, 4.69) is 25.4 Å². The van der Waals surface area contributed by atoms with Crippen molar-refractivity contribution < 1.29 is 8.67 Å². The maximum Gasteiger partial charge on any atom is 0.166 e. The number of benzene rings is 1. The molecule has 0 aliphatic rings.